The van der Waals surface area contributed by atoms with Crippen molar-refractivity contribution in [3.8, 4) is 0 Å². The van der Waals surface area contributed by atoms with E-state index in [2.05, 4.69) is 56.2 Å². The monoisotopic (exact) mass is 337 g/mol. The van der Waals surface area contributed by atoms with Crippen molar-refractivity contribution >= 4 is 17.4 Å². The van der Waals surface area contributed by atoms with Gasteiger partial charge in [0.2, 0.25) is 0 Å². The molecule has 1 aliphatic rings. The Morgan fingerprint density at radius 3 is 3.04 bits per heavy atom. The van der Waals surface area contributed by atoms with E-state index in [9.17, 15) is 0 Å². The quantitative estimate of drug-likeness (QED) is 0.770. The molecule has 7 nitrogen and oxygen atoms in total. The van der Waals surface area contributed by atoms with Crippen LogP contribution in [0.4, 0.5) is 11.6 Å². The Balaban J connectivity index is 1.46. The summed E-state index contributed by atoms with van der Waals surface area (Å²) in [5.74, 6) is 3.31. The minimum Gasteiger partial charge on any atom is -0.370 e. The van der Waals surface area contributed by atoms with E-state index in [-0.39, 0.29) is 0 Å². The van der Waals surface area contributed by atoms with Crippen LogP contribution in [0.5, 0.6) is 0 Å². The van der Waals surface area contributed by atoms with E-state index in [0.29, 0.717) is 11.7 Å². The van der Waals surface area contributed by atoms with Gasteiger partial charge in [-0.3, -0.25) is 0 Å². The van der Waals surface area contributed by atoms with Gasteiger partial charge in [-0.2, -0.15) is 14.6 Å². The molecule has 0 bridgehead atoms. The summed E-state index contributed by atoms with van der Waals surface area (Å²) >= 11 is 0. The van der Waals surface area contributed by atoms with Gasteiger partial charge >= 0.3 is 0 Å². The Morgan fingerprint density at radius 2 is 2.20 bits per heavy atom. The molecule has 1 fully saturated rings. The van der Waals surface area contributed by atoms with Crippen molar-refractivity contribution < 1.29 is 0 Å². The van der Waals surface area contributed by atoms with E-state index in [4.69, 9.17) is 0 Å². The fourth-order valence-corrected chi connectivity index (χ4v) is 3.34. The lowest BCUT2D eigenvalue weighted by Crippen LogP contribution is -2.25. The van der Waals surface area contributed by atoms with Crippen LogP contribution in [0.1, 0.15) is 24.6 Å². The molecule has 1 saturated heterocycles. The van der Waals surface area contributed by atoms with Crippen molar-refractivity contribution in [1.82, 2.24) is 24.6 Å². The van der Waals surface area contributed by atoms with Gasteiger partial charge in [0.1, 0.15) is 18.0 Å². The van der Waals surface area contributed by atoms with Crippen LogP contribution in [0, 0.1) is 12.8 Å². The van der Waals surface area contributed by atoms with Gasteiger partial charge in [0.25, 0.3) is 5.78 Å². The van der Waals surface area contributed by atoms with E-state index in [1.165, 1.54) is 5.56 Å². The highest BCUT2D eigenvalue weighted by Crippen LogP contribution is 2.25. The van der Waals surface area contributed by atoms with Crippen molar-refractivity contribution in [3.05, 3.63) is 42.0 Å². The SMILES string of the molecule is CCc1cc(N2CC[C@H](CNc3cc(C)ccn3)C2)n2ncnc2n1. The maximum Gasteiger partial charge on any atom is 0.254 e. The first-order valence-corrected chi connectivity index (χ1v) is 8.84. The largest absolute Gasteiger partial charge is 0.370 e. The van der Waals surface area contributed by atoms with Crippen LogP contribution in [-0.4, -0.2) is 44.2 Å². The van der Waals surface area contributed by atoms with Gasteiger partial charge in [-0.25, -0.2) is 9.97 Å². The van der Waals surface area contributed by atoms with Gasteiger partial charge in [0.15, 0.2) is 0 Å². The lowest BCUT2D eigenvalue weighted by Gasteiger charge is -2.20. The molecular formula is C18H23N7. The van der Waals surface area contributed by atoms with Crippen LogP contribution in [0.2, 0.25) is 0 Å². The number of rotatable bonds is 5. The van der Waals surface area contributed by atoms with Gasteiger partial charge in [0, 0.05) is 37.6 Å². The molecule has 0 aliphatic carbocycles. The number of hydrogen-bond acceptors (Lipinski definition) is 6. The number of fused-ring (bicyclic) bond motifs is 1. The maximum absolute atomic E-state index is 4.53. The molecule has 25 heavy (non-hydrogen) atoms. The van der Waals surface area contributed by atoms with Gasteiger partial charge in [-0.05, 0) is 43.4 Å². The standard InChI is InChI=1S/C18H23N7/c1-3-15-9-17(25-18(23-15)21-12-22-25)24-7-5-14(11-24)10-20-16-8-13(2)4-6-19-16/h4,6,8-9,12,14H,3,5,7,10-11H2,1-2H3,(H,19,20)/t14-/m1/s1. The normalized spacial score (nSPS) is 17.4. The molecule has 0 unspecified atom stereocenters. The maximum atomic E-state index is 4.53. The zero-order valence-electron chi connectivity index (χ0n) is 14.7. The Hall–Kier alpha value is -2.70. The Kier molecular flexibility index (Phi) is 4.21. The molecular weight excluding hydrogens is 314 g/mol. The second kappa shape index (κ2) is 6.66. The van der Waals surface area contributed by atoms with Gasteiger partial charge in [0.05, 0.1) is 0 Å². The van der Waals surface area contributed by atoms with Crippen molar-refractivity contribution in [3.63, 3.8) is 0 Å². The van der Waals surface area contributed by atoms with Gasteiger partial charge in [-0.1, -0.05) is 6.92 Å². The lowest BCUT2D eigenvalue weighted by atomic mass is 10.1. The molecule has 3 aromatic heterocycles. The van der Waals surface area contributed by atoms with E-state index >= 15 is 0 Å². The summed E-state index contributed by atoms with van der Waals surface area (Å²) in [5.41, 5.74) is 2.28. The zero-order valence-corrected chi connectivity index (χ0v) is 14.7. The third-order valence-corrected chi connectivity index (χ3v) is 4.75. The number of nitrogens with zero attached hydrogens (tertiary/aromatic N) is 6. The van der Waals surface area contributed by atoms with Crippen molar-refractivity contribution in [2.24, 2.45) is 5.92 Å². The Labute approximate surface area is 147 Å². The van der Waals surface area contributed by atoms with Gasteiger partial charge in [-0.15, -0.1) is 0 Å². The Morgan fingerprint density at radius 1 is 1.28 bits per heavy atom. The molecule has 4 heterocycles. The van der Waals surface area contributed by atoms with E-state index in [1.54, 1.807) is 6.33 Å². The third-order valence-electron chi connectivity index (χ3n) is 4.75. The molecule has 0 radical (unpaired) electrons. The molecule has 7 heteroatoms. The minimum absolute atomic E-state index is 0.583. The lowest BCUT2D eigenvalue weighted by molar-refractivity contribution is 0.620. The molecule has 0 saturated carbocycles. The Bertz CT molecular complexity index is 873. The fourth-order valence-electron chi connectivity index (χ4n) is 3.34. The summed E-state index contributed by atoms with van der Waals surface area (Å²) in [6.45, 7) is 7.16. The van der Waals surface area contributed by atoms with Crippen LogP contribution in [0.3, 0.4) is 0 Å². The predicted molar refractivity (Wildman–Crippen MR) is 97.9 cm³/mol. The van der Waals surface area contributed by atoms with E-state index in [0.717, 1.165) is 49.8 Å². The van der Waals surface area contributed by atoms with Crippen LogP contribution < -0.4 is 10.2 Å². The molecule has 0 spiro atoms. The molecule has 3 aromatic rings. The summed E-state index contributed by atoms with van der Waals surface area (Å²) in [7, 11) is 0. The smallest absolute Gasteiger partial charge is 0.254 e. The molecule has 0 amide bonds. The highest BCUT2D eigenvalue weighted by Gasteiger charge is 2.25. The number of nitrogens with one attached hydrogen (secondary N) is 1. The second-order valence-corrected chi connectivity index (χ2v) is 6.63. The fraction of sp³-hybridized carbons (Fsp3) is 0.444. The first-order valence-electron chi connectivity index (χ1n) is 8.84. The first-order chi connectivity index (χ1) is 12.2. The number of pyridine rings is 1. The molecule has 4 rings (SSSR count). The van der Waals surface area contributed by atoms with Crippen molar-refractivity contribution in [2.45, 2.75) is 26.7 Å². The molecule has 130 valence electrons. The van der Waals surface area contributed by atoms with E-state index < -0.39 is 0 Å². The highest BCUT2D eigenvalue weighted by atomic mass is 15.4. The number of hydrogen-bond donors (Lipinski definition) is 1. The molecule has 0 aromatic carbocycles. The first kappa shape index (κ1) is 15.8. The summed E-state index contributed by atoms with van der Waals surface area (Å²) in [6.07, 6.45) is 5.47. The molecule has 1 N–H and O–H groups in total. The predicted octanol–water partition coefficient (Wildman–Crippen LogP) is 2.33. The average molecular weight is 337 g/mol. The molecule has 1 aliphatic heterocycles. The summed E-state index contributed by atoms with van der Waals surface area (Å²) in [6, 6.07) is 6.24. The summed E-state index contributed by atoms with van der Waals surface area (Å²) < 4.78 is 1.84. The van der Waals surface area contributed by atoms with Crippen LogP contribution in [-0.2, 0) is 6.42 Å². The van der Waals surface area contributed by atoms with Crippen molar-refractivity contribution in [1.29, 1.82) is 0 Å². The number of aryl methyl sites for hydroxylation is 2. The minimum atomic E-state index is 0.583. The highest BCUT2D eigenvalue weighted by molar-refractivity contribution is 5.48. The van der Waals surface area contributed by atoms with Crippen molar-refractivity contribution in [2.75, 3.05) is 29.9 Å². The van der Waals surface area contributed by atoms with Crippen LogP contribution in [0.25, 0.3) is 5.78 Å². The van der Waals surface area contributed by atoms with Gasteiger partial charge < -0.3 is 10.2 Å². The van der Waals surface area contributed by atoms with Crippen LogP contribution in [0.15, 0.2) is 30.7 Å². The summed E-state index contributed by atoms with van der Waals surface area (Å²) in [4.78, 5) is 15.6. The summed E-state index contributed by atoms with van der Waals surface area (Å²) in [5, 5.41) is 7.81. The number of aromatic nitrogens is 5. The topological polar surface area (TPSA) is 71.2 Å². The van der Waals surface area contributed by atoms with Crippen LogP contribution >= 0.6 is 0 Å². The third kappa shape index (κ3) is 3.26. The average Bonchev–Trinajstić information content (AvgIpc) is 3.28. The second-order valence-electron chi connectivity index (χ2n) is 6.63. The van der Waals surface area contributed by atoms with E-state index in [1.807, 2.05) is 16.8 Å². The zero-order chi connectivity index (χ0) is 17.2. The molecule has 1 atom stereocenters. The number of anilines is 2.